The van der Waals surface area contributed by atoms with Crippen LogP contribution in [0.5, 0.6) is 0 Å². The first-order chi connectivity index (χ1) is 8.50. The minimum absolute atomic E-state index is 0.501. The highest BCUT2D eigenvalue weighted by Gasteiger charge is 2.32. The van der Waals surface area contributed by atoms with Crippen LogP contribution in [0.25, 0.3) is 0 Å². The van der Waals surface area contributed by atoms with Gasteiger partial charge in [0.05, 0.1) is 0 Å². The van der Waals surface area contributed by atoms with Gasteiger partial charge in [-0.05, 0) is 19.1 Å². The molecular weight excluding hydrogens is 250 g/mol. The topological polar surface area (TPSA) is 52.6 Å². The molecule has 0 unspecified atom stereocenters. The van der Waals surface area contributed by atoms with Crippen molar-refractivity contribution in [1.82, 2.24) is 8.61 Å². The number of likely N-dealkylation sites (N-methyl/N-ethyl adjacent to an activating group) is 1. The highest BCUT2D eigenvalue weighted by molar-refractivity contribution is 7.87. The zero-order valence-corrected chi connectivity index (χ0v) is 11.6. The predicted molar refractivity (Wildman–Crippen MR) is 72.8 cm³/mol. The minimum atomic E-state index is -3.20. The molecule has 0 spiro atoms. The van der Waals surface area contributed by atoms with Crippen molar-refractivity contribution in [2.45, 2.75) is 6.92 Å². The Morgan fingerprint density at radius 3 is 2.44 bits per heavy atom. The average molecular weight is 269 g/mol. The van der Waals surface area contributed by atoms with E-state index in [2.05, 4.69) is 5.32 Å². The number of hydrogen-bond donors (Lipinski definition) is 1. The number of aryl methyl sites for hydroxylation is 1. The fourth-order valence-electron chi connectivity index (χ4n) is 1.90. The molecule has 1 fully saturated rings. The van der Waals surface area contributed by atoms with Gasteiger partial charge in [-0.15, -0.1) is 0 Å². The van der Waals surface area contributed by atoms with Crippen molar-refractivity contribution in [2.75, 3.05) is 38.5 Å². The Morgan fingerprint density at radius 2 is 1.89 bits per heavy atom. The van der Waals surface area contributed by atoms with Crippen LogP contribution in [0.4, 0.5) is 5.69 Å². The monoisotopic (exact) mass is 269 g/mol. The van der Waals surface area contributed by atoms with Crippen LogP contribution in [0.15, 0.2) is 24.3 Å². The average Bonchev–Trinajstić information content (AvgIpc) is 2.58. The minimum Gasteiger partial charge on any atom is -0.384 e. The van der Waals surface area contributed by atoms with Gasteiger partial charge in [-0.1, -0.05) is 17.7 Å². The molecule has 2 rings (SSSR count). The van der Waals surface area contributed by atoms with Gasteiger partial charge in [-0.3, -0.25) is 0 Å². The van der Waals surface area contributed by atoms with Crippen LogP contribution < -0.4 is 5.32 Å². The molecule has 0 radical (unpaired) electrons. The fraction of sp³-hybridized carbons (Fsp3) is 0.500. The van der Waals surface area contributed by atoms with Crippen LogP contribution in [0.1, 0.15) is 5.56 Å². The Balaban J connectivity index is 1.84. The maximum atomic E-state index is 11.8. The summed E-state index contributed by atoms with van der Waals surface area (Å²) in [7, 11) is -1.59. The molecular formula is C12H19N3O2S. The summed E-state index contributed by atoms with van der Waals surface area (Å²) in [5, 5.41) is 3.23. The van der Waals surface area contributed by atoms with Crippen molar-refractivity contribution in [3.63, 3.8) is 0 Å². The van der Waals surface area contributed by atoms with Gasteiger partial charge in [0.25, 0.3) is 10.2 Å². The Labute approximate surface area is 109 Å². The highest BCUT2D eigenvalue weighted by Crippen LogP contribution is 2.13. The Morgan fingerprint density at radius 1 is 1.22 bits per heavy atom. The summed E-state index contributed by atoms with van der Waals surface area (Å²) in [6.07, 6.45) is 0. The van der Waals surface area contributed by atoms with Gasteiger partial charge in [0.15, 0.2) is 0 Å². The number of benzene rings is 1. The van der Waals surface area contributed by atoms with Crippen LogP contribution in [0, 0.1) is 6.92 Å². The van der Waals surface area contributed by atoms with E-state index in [-0.39, 0.29) is 0 Å². The Bertz CT molecular complexity index is 499. The van der Waals surface area contributed by atoms with E-state index in [0.717, 1.165) is 5.69 Å². The Hall–Kier alpha value is -1.11. The molecule has 1 saturated heterocycles. The van der Waals surface area contributed by atoms with Crippen LogP contribution in [0.3, 0.4) is 0 Å². The van der Waals surface area contributed by atoms with E-state index in [9.17, 15) is 8.42 Å². The van der Waals surface area contributed by atoms with Crippen molar-refractivity contribution in [3.05, 3.63) is 29.8 Å². The molecule has 18 heavy (non-hydrogen) atoms. The molecule has 0 saturated carbocycles. The van der Waals surface area contributed by atoms with Gasteiger partial charge < -0.3 is 5.32 Å². The van der Waals surface area contributed by atoms with Crippen molar-refractivity contribution >= 4 is 15.9 Å². The highest BCUT2D eigenvalue weighted by atomic mass is 32.2. The van der Waals surface area contributed by atoms with Crippen molar-refractivity contribution in [1.29, 1.82) is 0 Å². The number of anilines is 1. The molecule has 0 aliphatic carbocycles. The summed E-state index contributed by atoms with van der Waals surface area (Å²) in [5.74, 6) is 0. The lowest BCUT2D eigenvalue weighted by atomic mass is 10.2. The molecule has 0 aromatic heterocycles. The van der Waals surface area contributed by atoms with Gasteiger partial charge >= 0.3 is 0 Å². The third-order valence-electron chi connectivity index (χ3n) is 3.13. The Kier molecular flexibility index (Phi) is 3.89. The zero-order valence-electron chi connectivity index (χ0n) is 10.8. The van der Waals surface area contributed by atoms with Gasteiger partial charge in [-0.25, -0.2) is 0 Å². The van der Waals surface area contributed by atoms with Gasteiger partial charge in [0.1, 0.15) is 0 Å². The number of hydrogen-bond acceptors (Lipinski definition) is 3. The first-order valence-corrected chi connectivity index (χ1v) is 7.42. The third kappa shape index (κ3) is 2.82. The van der Waals surface area contributed by atoms with Gasteiger partial charge in [-0.2, -0.15) is 17.0 Å². The second-order valence-electron chi connectivity index (χ2n) is 4.52. The molecule has 1 N–H and O–H groups in total. The van der Waals surface area contributed by atoms with E-state index in [1.54, 1.807) is 7.05 Å². The molecule has 0 bridgehead atoms. The lowest BCUT2D eigenvalue weighted by Gasteiger charge is -2.16. The van der Waals surface area contributed by atoms with E-state index in [1.165, 1.54) is 14.2 Å². The van der Waals surface area contributed by atoms with Crippen LogP contribution >= 0.6 is 0 Å². The SMILES string of the molecule is Cc1ccc(NCCN2CCN(C)S2(=O)=O)cc1. The molecule has 100 valence electrons. The molecule has 1 aliphatic rings. The predicted octanol–water partition coefficient (Wildman–Crippen LogP) is 0.899. The molecule has 0 atom stereocenters. The summed E-state index contributed by atoms with van der Waals surface area (Å²) in [4.78, 5) is 0. The van der Waals surface area contributed by atoms with Crippen LogP contribution in [0.2, 0.25) is 0 Å². The van der Waals surface area contributed by atoms with E-state index in [0.29, 0.717) is 26.2 Å². The molecule has 5 nitrogen and oxygen atoms in total. The van der Waals surface area contributed by atoms with Crippen molar-refractivity contribution in [3.8, 4) is 0 Å². The molecule has 1 aromatic carbocycles. The van der Waals surface area contributed by atoms with Gasteiger partial charge in [0, 0.05) is 38.9 Å². The number of nitrogens with one attached hydrogen (secondary N) is 1. The second-order valence-corrected chi connectivity index (χ2v) is 6.56. The summed E-state index contributed by atoms with van der Waals surface area (Å²) in [6.45, 7) is 4.31. The normalized spacial score (nSPS) is 20.1. The second kappa shape index (κ2) is 5.26. The zero-order chi connectivity index (χ0) is 13.2. The van der Waals surface area contributed by atoms with E-state index < -0.39 is 10.2 Å². The number of nitrogens with zero attached hydrogens (tertiary/aromatic N) is 2. The molecule has 1 heterocycles. The largest absolute Gasteiger partial charge is 0.384 e. The number of rotatable bonds is 4. The summed E-state index contributed by atoms with van der Waals surface area (Å²) in [6, 6.07) is 8.06. The van der Waals surface area contributed by atoms with E-state index in [1.807, 2.05) is 31.2 Å². The summed E-state index contributed by atoms with van der Waals surface area (Å²) in [5.41, 5.74) is 2.23. The van der Waals surface area contributed by atoms with E-state index in [4.69, 9.17) is 0 Å². The van der Waals surface area contributed by atoms with Crippen molar-refractivity contribution < 1.29 is 8.42 Å². The van der Waals surface area contributed by atoms with Crippen LogP contribution in [-0.4, -0.2) is 50.3 Å². The van der Waals surface area contributed by atoms with Gasteiger partial charge in [0.2, 0.25) is 0 Å². The first-order valence-electron chi connectivity index (χ1n) is 6.02. The van der Waals surface area contributed by atoms with Crippen molar-refractivity contribution in [2.24, 2.45) is 0 Å². The lowest BCUT2D eigenvalue weighted by molar-refractivity contribution is 0.460. The molecule has 1 aromatic rings. The summed E-state index contributed by atoms with van der Waals surface area (Å²) < 4.78 is 26.5. The smallest absolute Gasteiger partial charge is 0.281 e. The third-order valence-corrected chi connectivity index (χ3v) is 5.11. The quantitative estimate of drug-likeness (QED) is 0.883. The molecule has 6 heteroatoms. The van der Waals surface area contributed by atoms with Crippen LogP contribution in [-0.2, 0) is 10.2 Å². The molecule has 0 amide bonds. The lowest BCUT2D eigenvalue weighted by Crippen LogP contribution is -2.34. The maximum Gasteiger partial charge on any atom is 0.281 e. The standard InChI is InChI=1S/C12H19N3O2S/c1-11-3-5-12(6-4-11)13-7-8-15-10-9-14(2)18(15,16)17/h3-6,13H,7-10H2,1-2H3. The molecule has 1 aliphatic heterocycles. The summed E-state index contributed by atoms with van der Waals surface area (Å²) >= 11 is 0. The van der Waals surface area contributed by atoms with E-state index >= 15 is 0 Å². The first kappa shape index (κ1) is 13.3. The fourth-order valence-corrected chi connectivity index (χ4v) is 3.24. The maximum absolute atomic E-state index is 11.8.